The van der Waals surface area contributed by atoms with Gasteiger partial charge in [-0.2, -0.15) is 0 Å². The predicted octanol–water partition coefficient (Wildman–Crippen LogP) is 9.91. The van der Waals surface area contributed by atoms with Crippen LogP contribution < -0.4 is 9.47 Å². The van der Waals surface area contributed by atoms with Crippen molar-refractivity contribution in [2.75, 3.05) is 6.61 Å². The lowest BCUT2D eigenvalue weighted by atomic mass is 9.83. The van der Waals surface area contributed by atoms with E-state index in [-0.39, 0.29) is 12.5 Å². The standard InChI is InChI=1S/C36H51FO5/c1-3-5-7-8-9-10-11-12-13-27-40-31-21-19-30(20-22-31)35(38)41-32-23-15-28(16-24-32)29-17-25-33(26-18-29)42-36(39)34(37)14-6-4-2/h15-16,19-24,29,33-34H,3-14,17-18,25-27H2,1-2H3/t29-,33-,34-/m0/s1. The van der Waals surface area contributed by atoms with Crippen LogP contribution in [0.2, 0.25) is 0 Å². The summed E-state index contributed by atoms with van der Waals surface area (Å²) in [7, 11) is 0. The molecule has 1 saturated carbocycles. The Kier molecular flexibility index (Phi) is 15.5. The van der Waals surface area contributed by atoms with Gasteiger partial charge in [-0.05, 0) is 86.4 Å². The fourth-order valence-corrected chi connectivity index (χ4v) is 5.52. The lowest BCUT2D eigenvalue weighted by Gasteiger charge is -2.29. The molecule has 0 heterocycles. The maximum atomic E-state index is 13.9. The largest absolute Gasteiger partial charge is 0.494 e. The smallest absolute Gasteiger partial charge is 0.343 e. The molecule has 0 radical (unpaired) electrons. The van der Waals surface area contributed by atoms with Gasteiger partial charge in [0, 0.05) is 0 Å². The van der Waals surface area contributed by atoms with E-state index in [0.29, 0.717) is 30.3 Å². The van der Waals surface area contributed by atoms with Crippen molar-refractivity contribution in [2.24, 2.45) is 0 Å². The fourth-order valence-electron chi connectivity index (χ4n) is 5.52. The molecule has 1 aliphatic carbocycles. The monoisotopic (exact) mass is 582 g/mol. The van der Waals surface area contributed by atoms with Crippen LogP contribution in [0.25, 0.3) is 0 Å². The average Bonchev–Trinajstić information content (AvgIpc) is 3.01. The Bertz CT molecular complexity index is 1030. The normalized spacial score (nSPS) is 17.4. The lowest BCUT2D eigenvalue weighted by Crippen LogP contribution is -2.28. The SMILES string of the molecule is CCCCCCCCCCCOc1ccc(C(=O)Oc2ccc([C@H]3CC[C@H](OC(=O)[C@@H](F)CCCC)CC3)cc2)cc1. The number of hydrogen-bond donors (Lipinski definition) is 0. The second-order valence-electron chi connectivity index (χ2n) is 11.7. The molecular formula is C36H51FO5. The molecule has 0 bridgehead atoms. The maximum Gasteiger partial charge on any atom is 0.343 e. The zero-order valence-electron chi connectivity index (χ0n) is 25.8. The molecule has 0 amide bonds. The Balaban J connectivity index is 1.33. The highest BCUT2D eigenvalue weighted by atomic mass is 19.1. The first-order valence-corrected chi connectivity index (χ1v) is 16.4. The van der Waals surface area contributed by atoms with E-state index in [1.165, 1.54) is 56.9 Å². The molecule has 2 aromatic rings. The Hall–Kier alpha value is -2.89. The topological polar surface area (TPSA) is 61.8 Å². The van der Waals surface area contributed by atoms with Gasteiger partial charge in [-0.1, -0.05) is 90.2 Å². The Morgan fingerprint density at radius 1 is 0.738 bits per heavy atom. The molecule has 0 unspecified atom stereocenters. The molecule has 1 atom stereocenters. The highest BCUT2D eigenvalue weighted by molar-refractivity contribution is 5.91. The van der Waals surface area contributed by atoms with Crippen molar-refractivity contribution < 1.29 is 28.2 Å². The van der Waals surface area contributed by atoms with Crippen LogP contribution in [0.1, 0.15) is 138 Å². The van der Waals surface area contributed by atoms with E-state index < -0.39 is 18.1 Å². The number of ether oxygens (including phenoxy) is 3. The first-order chi connectivity index (χ1) is 20.5. The summed E-state index contributed by atoms with van der Waals surface area (Å²) >= 11 is 0. The molecule has 42 heavy (non-hydrogen) atoms. The van der Waals surface area contributed by atoms with E-state index in [0.717, 1.165) is 44.3 Å². The van der Waals surface area contributed by atoms with Crippen LogP contribution in [0, 0.1) is 0 Å². The molecule has 5 nitrogen and oxygen atoms in total. The number of esters is 2. The zero-order chi connectivity index (χ0) is 30.0. The van der Waals surface area contributed by atoms with Gasteiger partial charge in [-0.15, -0.1) is 0 Å². The van der Waals surface area contributed by atoms with Gasteiger partial charge in [0.25, 0.3) is 0 Å². The van der Waals surface area contributed by atoms with Crippen LogP contribution in [0.5, 0.6) is 11.5 Å². The van der Waals surface area contributed by atoms with Crippen LogP contribution >= 0.6 is 0 Å². The molecule has 2 aromatic carbocycles. The zero-order valence-corrected chi connectivity index (χ0v) is 25.8. The van der Waals surface area contributed by atoms with E-state index in [9.17, 15) is 14.0 Å². The number of rotatable bonds is 19. The summed E-state index contributed by atoms with van der Waals surface area (Å²) in [5.74, 6) is 0.489. The minimum atomic E-state index is -1.52. The predicted molar refractivity (Wildman–Crippen MR) is 166 cm³/mol. The lowest BCUT2D eigenvalue weighted by molar-refractivity contribution is -0.157. The number of unbranched alkanes of at least 4 members (excludes halogenated alkanes) is 9. The van der Waals surface area contributed by atoms with Crippen molar-refractivity contribution in [3.8, 4) is 11.5 Å². The van der Waals surface area contributed by atoms with Crippen molar-refractivity contribution in [3.63, 3.8) is 0 Å². The number of alkyl halides is 1. The number of halogens is 1. The Morgan fingerprint density at radius 2 is 1.31 bits per heavy atom. The number of benzene rings is 2. The maximum absolute atomic E-state index is 13.9. The molecule has 1 aliphatic rings. The van der Waals surface area contributed by atoms with Gasteiger partial charge in [0.15, 0.2) is 6.17 Å². The number of carbonyl (C=O) groups excluding carboxylic acids is 2. The highest BCUT2D eigenvalue weighted by Gasteiger charge is 2.28. The molecule has 0 aromatic heterocycles. The summed E-state index contributed by atoms with van der Waals surface area (Å²) in [5, 5.41) is 0. The van der Waals surface area contributed by atoms with E-state index in [1.54, 1.807) is 12.1 Å². The minimum absolute atomic E-state index is 0.208. The van der Waals surface area contributed by atoms with Crippen LogP contribution in [0.4, 0.5) is 4.39 Å². The van der Waals surface area contributed by atoms with Crippen LogP contribution in [-0.2, 0) is 9.53 Å². The second kappa shape index (κ2) is 19.3. The number of hydrogen-bond acceptors (Lipinski definition) is 5. The summed E-state index contributed by atoms with van der Waals surface area (Å²) in [4.78, 5) is 24.6. The first-order valence-electron chi connectivity index (χ1n) is 16.4. The van der Waals surface area contributed by atoms with Gasteiger partial charge in [0.2, 0.25) is 0 Å². The van der Waals surface area contributed by atoms with E-state index in [1.807, 2.05) is 43.3 Å². The molecule has 3 rings (SSSR count). The van der Waals surface area contributed by atoms with Crippen molar-refractivity contribution in [1.29, 1.82) is 0 Å². The van der Waals surface area contributed by atoms with Crippen LogP contribution in [-0.4, -0.2) is 30.8 Å². The van der Waals surface area contributed by atoms with Crippen molar-refractivity contribution in [2.45, 2.75) is 135 Å². The molecule has 0 aliphatic heterocycles. The average molecular weight is 583 g/mol. The molecule has 1 fully saturated rings. The van der Waals surface area contributed by atoms with Gasteiger partial charge < -0.3 is 14.2 Å². The highest BCUT2D eigenvalue weighted by Crippen LogP contribution is 2.35. The Labute approximate surface area is 252 Å². The molecule has 0 N–H and O–H groups in total. The third-order valence-corrected chi connectivity index (χ3v) is 8.19. The summed E-state index contributed by atoms with van der Waals surface area (Å²) in [5.41, 5.74) is 1.65. The van der Waals surface area contributed by atoms with Crippen molar-refractivity contribution in [3.05, 3.63) is 59.7 Å². The summed E-state index contributed by atoms with van der Waals surface area (Å²) < 4.78 is 30.8. The van der Waals surface area contributed by atoms with E-state index in [2.05, 4.69) is 6.92 Å². The molecule has 0 spiro atoms. The van der Waals surface area contributed by atoms with Crippen molar-refractivity contribution in [1.82, 2.24) is 0 Å². The van der Waals surface area contributed by atoms with Gasteiger partial charge in [0.05, 0.1) is 12.2 Å². The molecule has 6 heteroatoms. The van der Waals surface area contributed by atoms with Gasteiger partial charge in [-0.25, -0.2) is 14.0 Å². The first kappa shape index (κ1) is 33.6. The van der Waals surface area contributed by atoms with Crippen LogP contribution in [0.3, 0.4) is 0 Å². The quantitative estimate of drug-likeness (QED) is 0.0937. The van der Waals surface area contributed by atoms with Gasteiger partial charge in [-0.3, -0.25) is 0 Å². The number of carbonyl (C=O) groups is 2. The summed E-state index contributed by atoms with van der Waals surface area (Å²) in [6.07, 6.45) is 14.8. The van der Waals surface area contributed by atoms with E-state index >= 15 is 0 Å². The summed E-state index contributed by atoms with van der Waals surface area (Å²) in [6, 6.07) is 14.7. The Morgan fingerprint density at radius 3 is 1.93 bits per heavy atom. The molecule has 0 saturated heterocycles. The second-order valence-corrected chi connectivity index (χ2v) is 11.7. The van der Waals surface area contributed by atoms with Gasteiger partial charge >= 0.3 is 11.9 Å². The minimum Gasteiger partial charge on any atom is -0.494 e. The third kappa shape index (κ3) is 12.1. The van der Waals surface area contributed by atoms with Gasteiger partial charge in [0.1, 0.15) is 17.6 Å². The van der Waals surface area contributed by atoms with Crippen molar-refractivity contribution >= 4 is 11.9 Å². The molecule has 232 valence electrons. The van der Waals surface area contributed by atoms with Crippen LogP contribution in [0.15, 0.2) is 48.5 Å². The molecular weight excluding hydrogens is 531 g/mol. The summed E-state index contributed by atoms with van der Waals surface area (Å²) in [6.45, 7) is 4.91. The van der Waals surface area contributed by atoms with E-state index in [4.69, 9.17) is 14.2 Å². The third-order valence-electron chi connectivity index (χ3n) is 8.19. The fraction of sp³-hybridized carbons (Fsp3) is 0.611.